The Hall–Kier alpha value is -1.93. The summed E-state index contributed by atoms with van der Waals surface area (Å²) >= 11 is 0. The number of hydrogen-bond donors (Lipinski definition) is 1. The molecule has 4 heteroatoms. The van der Waals surface area contributed by atoms with Crippen molar-refractivity contribution in [2.75, 3.05) is 6.54 Å². The van der Waals surface area contributed by atoms with Crippen molar-refractivity contribution >= 4 is 11.8 Å². The predicted octanol–water partition coefficient (Wildman–Crippen LogP) is 0.518. The van der Waals surface area contributed by atoms with Crippen molar-refractivity contribution in [2.45, 2.75) is 13.3 Å². The van der Waals surface area contributed by atoms with E-state index >= 15 is 0 Å². The van der Waals surface area contributed by atoms with Crippen LogP contribution in [0.15, 0.2) is 30.0 Å². The maximum absolute atomic E-state index is 11.3. The summed E-state index contributed by atoms with van der Waals surface area (Å²) in [5.74, 6) is 1.27. The van der Waals surface area contributed by atoms with Crippen LogP contribution >= 0.6 is 0 Å². The minimum absolute atomic E-state index is 0.0792. The molecule has 1 aromatic rings. The van der Waals surface area contributed by atoms with Gasteiger partial charge in [-0.3, -0.25) is 9.78 Å². The quantitative estimate of drug-likeness (QED) is 0.574. The molecule has 0 spiro atoms. The lowest BCUT2D eigenvalue weighted by Gasteiger charge is -2.02. The molecule has 0 aliphatic rings. The van der Waals surface area contributed by atoms with Crippen LogP contribution in [-0.4, -0.2) is 23.4 Å². The highest BCUT2D eigenvalue weighted by atomic mass is 16.2. The van der Waals surface area contributed by atoms with Crippen LogP contribution in [0.2, 0.25) is 0 Å². The van der Waals surface area contributed by atoms with Gasteiger partial charge in [-0.15, -0.1) is 0 Å². The van der Waals surface area contributed by atoms with E-state index in [1.54, 1.807) is 31.2 Å². The van der Waals surface area contributed by atoms with Crippen LogP contribution in [0.5, 0.6) is 0 Å². The molecular weight excluding hydrogens is 192 g/mol. The number of aromatic nitrogens is 1. The Kier molecular flexibility index (Phi) is 4.26. The van der Waals surface area contributed by atoms with Gasteiger partial charge < -0.3 is 5.32 Å². The summed E-state index contributed by atoms with van der Waals surface area (Å²) in [6, 6.07) is 5.35. The fraction of sp³-hybridized carbons (Fsp3) is 0.273. The second-order valence-electron chi connectivity index (χ2n) is 2.94. The molecule has 0 fully saturated rings. The Morgan fingerprint density at radius 1 is 1.53 bits per heavy atom. The molecule has 0 aromatic carbocycles. The fourth-order valence-corrected chi connectivity index (χ4v) is 1.11. The second-order valence-corrected chi connectivity index (χ2v) is 2.94. The lowest BCUT2D eigenvalue weighted by Crippen LogP contribution is -2.25. The van der Waals surface area contributed by atoms with E-state index in [0.717, 1.165) is 0 Å². The first-order chi connectivity index (χ1) is 7.27. The van der Waals surface area contributed by atoms with Crippen LogP contribution in [0.3, 0.4) is 0 Å². The van der Waals surface area contributed by atoms with E-state index in [1.165, 1.54) is 0 Å². The van der Waals surface area contributed by atoms with E-state index in [0.29, 0.717) is 12.2 Å². The average molecular weight is 204 g/mol. The Morgan fingerprint density at radius 3 is 2.87 bits per heavy atom. The van der Waals surface area contributed by atoms with Gasteiger partial charge in [0.2, 0.25) is 0 Å². The number of hydrogen-bond acceptors (Lipinski definition) is 3. The molecule has 1 aromatic heterocycles. The van der Waals surface area contributed by atoms with E-state index in [4.69, 9.17) is 0 Å². The third-order valence-electron chi connectivity index (χ3n) is 1.82. The Balaban J connectivity index is 2.72. The molecule has 0 unspecified atom stereocenters. The summed E-state index contributed by atoms with van der Waals surface area (Å²) in [5, 5.41) is 2.55. The molecule has 1 heterocycles. The largest absolute Gasteiger partial charge is 0.352 e. The van der Waals surface area contributed by atoms with Crippen molar-refractivity contribution in [1.29, 1.82) is 0 Å². The number of pyridine rings is 1. The summed E-state index contributed by atoms with van der Waals surface area (Å²) in [5.41, 5.74) is 0.762. The molecule has 15 heavy (non-hydrogen) atoms. The zero-order valence-electron chi connectivity index (χ0n) is 8.49. The van der Waals surface area contributed by atoms with E-state index in [1.807, 2.05) is 6.07 Å². The zero-order valence-corrected chi connectivity index (χ0v) is 8.49. The molecule has 0 saturated heterocycles. The van der Waals surface area contributed by atoms with Gasteiger partial charge in [-0.2, -0.15) is 0 Å². The third kappa shape index (κ3) is 3.37. The van der Waals surface area contributed by atoms with Crippen LogP contribution in [0.4, 0.5) is 0 Å². The zero-order chi connectivity index (χ0) is 11.1. The van der Waals surface area contributed by atoms with E-state index in [-0.39, 0.29) is 17.9 Å². The van der Waals surface area contributed by atoms with Gasteiger partial charge in [0.25, 0.3) is 5.91 Å². The first kappa shape index (κ1) is 11.1. The minimum atomic E-state index is -0.377. The SMILES string of the molecule is CCNC(=O)C(=C=O)Cc1ccccn1. The number of amides is 1. The van der Waals surface area contributed by atoms with Crippen LogP contribution in [-0.2, 0) is 16.0 Å². The maximum Gasteiger partial charge on any atom is 0.258 e. The average Bonchev–Trinajstić information content (AvgIpc) is 2.27. The molecular formula is C11H12N2O2. The van der Waals surface area contributed by atoms with E-state index in [2.05, 4.69) is 10.3 Å². The highest BCUT2D eigenvalue weighted by molar-refractivity contribution is 6.00. The number of carbonyl (C=O) groups is 1. The van der Waals surface area contributed by atoms with Gasteiger partial charge in [-0.05, 0) is 19.1 Å². The lowest BCUT2D eigenvalue weighted by molar-refractivity contribution is -0.117. The lowest BCUT2D eigenvalue weighted by atomic mass is 10.1. The van der Waals surface area contributed by atoms with Crippen LogP contribution in [0.1, 0.15) is 12.6 Å². The first-order valence-electron chi connectivity index (χ1n) is 4.70. The number of rotatable bonds is 4. The van der Waals surface area contributed by atoms with Gasteiger partial charge in [-0.25, -0.2) is 4.79 Å². The van der Waals surface area contributed by atoms with Gasteiger partial charge >= 0.3 is 0 Å². The van der Waals surface area contributed by atoms with Crippen molar-refractivity contribution in [3.63, 3.8) is 0 Å². The normalized spacial score (nSPS) is 9.13. The van der Waals surface area contributed by atoms with Crippen molar-refractivity contribution in [2.24, 2.45) is 0 Å². The Labute approximate surface area is 88.0 Å². The number of carbonyl (C=O) groups excluding carboxylic acids is 2. The topological polar surface area (TPSA) is 59.1 Å². The van der Waals surface area contributed by atoms with E-state index < -0.39 is 0 Å². The van der Waals surface area contributed by atoms with Crippen LogP contribution < -0.4 is 5.32 Å². The summed E-state index contributed by atoms with van der Waals surface area (Å²) in [7, 11) is 0. The molecule has 0 radical (unpaired) electrons. The summed E-state index contributed by atoms with van der Waals surface area (Å²) < 4.78 is 0. The number of nitrogens with zero attached hydrogens (tertiary/aromatic N) is 1. The Morgan fingerprint density at radius 2 is 2.33 bits per heavy atom. The third-order valence-corrected chi connectivity index (χ3v) is 1.82. The molecule has 0 saturated carbocycles. The van der Waals surface area contributed by atoms with Crippen LogP contribution in [0.25, 0.3) is 0 Å². The Bertz CT molecular complexity index is 381. The highest BCUT2D eigenvalue weighted by Crippen LogP contribution is 2.02. The van der Waals surface area contributed by atoms with Crippen molar-refractivity contribution in [3.05, 3.63) is 35.7 Å². The summed E-state index contributed by atoms with van der Waals surface area (Å²) in [4.78, 5) is 25.9. The monoisotopic (exact) mass is 204 g/mol. The standard InChI is InChI=1S/C11H12N2O2/c1-2-12-11(15)9(8-14)7-10-5-3-4-6-13-10/h3-6H,2,7H2,1H3,(H,12,15). The van der Waals surface area contributed by atoms with Crippen LogP contribution in [0, 0.1) is 0 Å². The first-order valence-corrected chi connectivity index (χ1v) is 4.70. The molecule has 4 nitrogen and oxygen atoms in total. The van der Waals surface area contributed by atoms with Gasteiger partial charge in [0.15, 0.2) is 0 Å². The van der Waals surface area contributed by atoms with Crippen molar-refractivity contribution in [3.8, 4) is 0 Å². The van der Waals surface area contributed by atoms with Crippen molar-refractivity contribution < 1.29 is 9.59 Å². The molecule has 0 aliphatic carbocycles. The van der Waals surface area contributed by atoms with E-state index in [9.17, 15) is 9.59 Å². The van der Waals surface area contributed by atoms with Crippen molar-refractivity contribution in [1.82, 2.24) is 10.3 Å². The predicted molar refractivity (Wildman–Crippen MR) is 55.8 cm³/mol. The van der Waals surface area contributed by atoms with Gasteiger partial charge in [0.1, 0.15) is 11.5 Å². The molecule has 0 atom stereocenters. The van der Waals surface area contributed by atoms with Gasteiger partial charge in [0, 0.05) is 24.9 Å². The van der Waals surface area contributed by atoms with Gasteiger partial charge in [-0.1, -0.05) is 6.07 Å². The smallest absolute Gasteiger partial charge is 0.258 e. The molecule has 0 bridgehead atoms. The second kappa shape index (κ2) is 5.73. The maximum atomic E-state index is 11.3. The highest BCUT2D eigenvalue weighted by Gasteiger charge is 2.10. The summed E-state index contributed by atoms with van der Waals surface area (Å²) in [6.45, 7) is 2.29. The minimum Gasteiger partial charge on any atom is -0.352 e. The fourth-order valence-electron chi connectivity index (χ4n) is 1.11. The number of nitrogens with one attached hydrogen (secondary N) is 1. The van der Waals surface area contributed by atoms with Gasteiger partial charge in [0.05, 0.1) is 0 Å². The summed E-state index contributed by atoms with van der Waals surface area (Å²) in [6.07, 6.45) is 1.84. The number of likely N-dealkylation sites (N-methyl/N-ethyl adjacent to an activating group) is 1. The molecule has 78 valence electrons. The molecule has 1 rings (SSSR count). The molecule has 0 aliphatic heterocycles. The molecule has 1 N–H and O–H groups in total. The molecule has 1 amide bonds.